The molecule has 5 N–H and O–H groups in total. The minimum Gasteiger partial charge on any atom is -0.380 e. The van der Waals surface area contributed by atoms with Crippen molar-refractivity contribution in [3.8, 4) is 0 Å². The molecular formula is C8H11N6O2S2+. The van der Waals surface area contributed by atoms with Crippen LogP contribution < -0.4 is 15.8 Å². The first kappa shape index (κ1) is 13.0. The number of nitrogens with zero attached hydrogens (tertiary/aromatic N) is 3. The van der Waals surface area contributed by atoms with Crippen molar-refractivity contribution >= 4 is 52.1 Å². The van der Waals surface area contributed by atoms with E-state index in [0.29, 0.717) is 35.4 Å². The van der Waals surface area contributed by atoms with E-state index < -0.39 is 11.3 Å². The molecule has 1 aromatic heterocycles. The van der Waals surface area contributed by atoms with Gasteiger partial charge in [0.15, 0.2) is 12.1 Å². The van der Waals surface area contributed by atoms with Gasteiger partial charge < -0.3 is 5.73 Å². The van der Waals surface area contributed by atoms with E-state index in [2.05, 4.69) is 20.0 Å². The Kier molecular flexibility index (Phi) is 3.91. The molecule has 96 valence electrons. The van der Waals surface area contributed by atoms with Gasteiger partial charge in [-0.25, -0.2) is 8.93 Å². The largest absolute Gasteiger partial charge is 0.380 e. The van der Waals surface area contributed by atoms with Gasteiger partial charge in [-0.2, -0.15) is 9.56 Å². The van der Waals surface area contributed by atoms with Crippen molar-refractivity contribution in [2.45, 2.75) is 6.42 Å². The lowest BCUT2D eigenvalue weighted by Crippen LogP contribution is -2.21. The highest BCUT2D eigenvalue weighted by atomic mass is 32.2. The van der Waals surface area contributed by atoms with Crippen LogP contribution in [0, 0.1) is 0 Å². The molecule has 2 rings (SSSR count). The van der Waals surface area contributed by atoms with Crippen LogP contribution in [0.3, 0.4) is 0 Å². The highest BCUT2D eigenvalue weighted by molar-refractivity contribution is 7.80. The van der Waals surface area contributed by atoms with Crippen molar-refractivity contribution in [3.05, 3.63) is 6.33 Å². The van der Waals surface area contributed by atoms with Gasteiger partial charge in [-0.05, 0) is 12.2 Å². The average Bonchev–Trinajstić information content (AvgIpc) is 2.63. The number of nitrogen functional groups attached to an aromatic ring is 1. The summed E-state index contributed by atoms with van der Waals surface area (Å²) in [6.07, 6.45) is 3.62. The fourth-order valence-corrected chi connectivity index (χ4v) is 2.02. The standard InChI is InChI=1S/C8H10N6O2S2/c9-6-5-7(11-4-10-6)14(8(17)13-5)3-1-2-12-18(15)16/h3-4,12H,1-2H2,(H3-,9,10,11,13,15,16,17)/p+1. The van der Waals surface area contributed by atoms with Crippen LogP contribution in [0.15, 0.2) is 6.33 Å². The molecule has 1 atom stereocenters. The van der Waals surface area contributed by atoms with Gasteiger partial charge in [-0.1, -0.05) is 4.98 Å². The quantitative estimate of drug-likeness (QED) is 0.258. The molecular weight excluding hydrogens is 276 g/mol. The van der Waals surface area contributed by atoms with E-state index in [1.165, 1.54) is 6.33 Å². The Morgan fingerprint density at radius 2 is 2.44 bits per heavy atom. The number of fused-ring (bicyclic) bond motifs is 1. The molecule has 1 aliphatic heterocycles. The summed E-state index contributed by atoms with van der Waals surface area (Å²) in [5, 5.41) is 3.36. The van der Waals surface area contributed by atoms with Crippen molar-refractivity contribution in [2.24, 2.45) is 0 Å². The van der Waals surface area contributed by atoms with Gasteiger partial charge in [0.2, 0.25) is 17.0 Å². The topological polar surface area (TPSA) is 116 Å². The van der Waals surface area contributed by atoms with Crippen LogP contribution in [0.2, 0.25) is 0 Å². The molecule has 0 saturated carbocycles. The fraction of sp³-hybridized carbons (Fsp3) is 0.250. The van der Waals surface area contributed by atoms with Crippen LogP contribution in [0.1, 0.15) is 6.42 Å². The molecule has 1 aromatic rings. The molecule has 0 spiro atoms. The van der Waals surface area contributed by atoms with Gasteiger partial charge in [-0.15, -0.1) is 0 Å². The van der Waals surface area contributed by atoms with E-state index in [-0.39, 0.29) is 0 Å². The zero-order valence-corrected chi connectivity index (χ0v) is 10.8. The number of thiocarbonyl (C=S) groups is 1. The second-order valence-corrected chi connectivity index (χ2v) is 4.55. The van der Waals surface area contributed by atoms with Gasteiger partial charge in [0.1, 0.15) is 0 Å². The Morgan fingerprint density at radius 3 is 3.17 bits per heavy atom. The number of hydrogen-bond acceptors (Lipinski definition) is 5. The summed E-state index contributed by atoms with van der Waals surface area (Å²) in [5.41, 5.74) is 6.27. The van der Waals surface area contributed by atoms with Crippen LogP contribution in [0.25, 0.3) is 0 Å². The number of nitrogens with one attached hydrogen (secondary N) is 2. The molecule has 0 amide bonds. The first-order valence-corrected chi connectivity index (χ1v) is 6.49. The van der Waals surface area contributed by atoms with E-state index in [1.54, 1.807) is 10.8 Å². The molecule has 0 saturated heterocycles. The fourth-order valence-electron chi connectivity index (χ4n) is 1.46. The van der Waals surface area contributed by atoms with Crippen molar-refractivity contribution < 1.29 is 13.3 Å². The van der Waals surface area contributed by atoms with Gasteiger partial charge >= 0.3 is 5.82 Å². The molecule has 0 aliphatic carbocycles. The zero-order chi connectivity index (χ0) is 13.1. The summed E-state index contributed by atoms with van der Waals surface area (Å²) < 4.78 is 23.0. The first-order chi connectivity index (χ1) is 8.59. The maximum absolute atomic E-state index is 10.4. The molecule has 8 nitrogen and oxygen atoms in total. The minimum atomic E-state index is -2.01. The van der Waals surface area contributed by atoms with Gasteiger partial charge in [0.25, 0.3) is 5.11 Å². The predicted octanol–water partition coefficient (Wildman–Crippen LogP) is -0.400. The third-order valence-corrected chi connectivity index (χ3v) is 2.97. The first-order valence-electron chi connectivity index (χ1n) is 4.98. The second-order valence-electron chi connectivity index (χ2n) is 3.37. The maximum Gasteiger partial charge on any atom is 0.312 e. The van der Waals surface area contributed by atoms with Crippen LogP contribution in [0.4, 0.5) is 17.3 Å². The van der Waals surface area contributed by atoms with E-state index in [9.17, 15) is 4.21 Å². The minimum absolute atomic E-state index is 0.327. The molecule has 0 fully saturated rings. The van der Waals surface area contributed by atoms with Crippen LogP contribution in [-0.4, -0.2) is 41.2 Å². The number of nitrogens with two attached hydrogens (primary N) is 1. The smallest absolute Gasteiger partial charge is 0.312 e. The van der Waals surface area contributed by atoms with Crippen molar-refractivity contribution in [3.63, 3.8) is 0 Å². The monoisotopic (exact) mass is 287 g/mol. The molecule has 0 aromatic carbocycles. The number of rotatable bonds is 4. The Bertz CT molecular complexity index is 546. The van der Waals surface area contributed by atoms with Gasteiger partial charge in [-0.3, -0.25) is 9.87 Å². The maximum atomic E-state index is 10.4. The Labute approximate surface area is 111 Å². The Hall–Kier alpha value is -1.49. The number of anilines is 2. The SMILES string of the molecule is Nc1ncnc2c1NC(=S)[N+]2=CCCNS(=O)O. The molecule has 10 heteroatoms. The summed E-state index contributed by atoms with van der Waals surface area (Å²) in [5.74, 6) is 0.908. The third kappa shape index (κ3) is 2.67. The van der Waals surface area contributed by atoms with Crippen LogP contribution >= 0.6 is 12.2 Å². The van der Waals surface area contributed by atoms with Gasteiger partial charge in [0.05, 0.1) is 6.21 Å². The van der Waals surface area contributed by atoms with Gasteiger partial charge in [0, 0.05) is 13.0 Å². The van der Waals surface area contributed by atoms with E-state index >= 15 is 0 Å². The summed E-state index contributed by atoms with van der Waals surface area (Å²) in [4.78, 5) is 7.95. The molecule has 0 bridgehead atoms. The molecule has 2 heterocycles. The molecule has 1 unspecified atom stereocenters. The molecule has 0 radical (unpaired) electrons. The summed E-state index contributed by atoms with van der Waals surface area (Å²) in [6.45, 7) is 0.345. The van der Waals surface area contributed by atoms with Crippen molar-refractivity contribution in [1.29, 1.82) is 0 Å². The molecule has 18 heavy (non-hydrogen) atoms. The number of hydrogen-bond donors (Lipinski definition) is 4. The molecule has 1 aliphatic rings. The van der Waals surface area contributed by atoms with E-state index in [4.69, 9.17) is 22.5 Å². The Balaban J connectivity index is 2.15. The van der Waals surface area contributed by atoms with Crippen molar-refractivity contribution in [1.82, 2.24) is 14.7 Å². The lowest BCUT2D eigenvalue weighted by Gasteiger charge is -1.97. The predicted molar refractivity (Wildman–Crippen MR) is 72.0 cm³/mol. The van der Waals surface area contributed by atoms with E-state index in [1.807, 2.05) is 0 Å². The summed E-state index contributed by atoms with van der Waals surface area (Å²) in [6, 6.07) is 0. The van der Waals surface area contributed by atoms with Crippen LogP contribution in [0.5, 0.6) is 0 Å². The summed E-state index contributed by atoms with van der Waals surface area (Å²) in [7, 11) is 0. The third-order valence-electron chi connectivity index (χ3n) is 2.22. The highest BCUT2D eigenvalue weighted by Crippen LogP contribution is 2.31. The normalized spacial score (nSPS) is 17.6. The highest BCUT2D eigenvalue weighted by Gasteiger charge is 2.31. The van der Waals surface area contributed by atoms with Crippen LogP contribution in [-0.2, 0) is 11.3 Å². The zero-order valence-electron chi connectivity index (χ0n) is 9.16. The lowest BCUT2D eigenvalue weighted by atomic mass is 10.4. The average molecular weight is 287 g/mol. The second kappa shape index (κ2) is 5.44. The summed E-state index contributed by atoms with van der Waals surface area (Å²) >= 11 is 3.13. The number of aromatic nitrogens is 2. The Morgan fingerprint density at radius 1 is 1.67 bits per heavy atom. The van der Waals surface area contributed by atoms with Crippen molar-refractivity contribution in [2.75, 3.05) is 17.6 Å². The van der Waals surface area contributed by atoms with E-state index in [0.717, 1.165) is 0 Å². The lowest BCUT2D eigenvalue weighted by molar-refractivity contribution is -0.295.